The van der Waals surface area contributed by atoms with Gasteiger partial charge in [0.25, 0.3) is 0 Å². The molecule has 0 fully saturated rings. The first-order chi connectivity index (χ1) is 6.76. The summed E-state index contributed by atoms with van der Waals surface area (Å²) in [6, 6.07) is 10.7. The average molecular weight is 320 g/mol. The zero-order chi connectivity index (χ0) is 10.4. The third-order valence-corrected chi connectivity index (χ3v) is 5.12. The van der Waals surface area contributed by atoms with Crippen molar-refractivity contribution < 1.29 is 0 Å². The van der Waals surface area contributed by atoms with Gasteiger partial charge in [0.05, 0.1) is 0 Å². The molecule has 1 aromatic rings. The van der Waals surface area contributed by atoms with Crippen LogP contribution in [-0.4, -0.2) is 10.7 Å². The van der Waals surface area contributed by atoms with Crippen molar-refractivity contribution in [2.75, 3.05) is 10.7 Å². The van der Waals surface area contributed by atoms with Crippen molar-refractivity contribution >= 4 is 31.9 Å². The van der Waals surface area contributed by atoms with Crippen molar-refractivity contribution in [1.29, 1.82) is 0 Å². The van der Waals surface area contributed by atoms with Crippen LogP contribution in [0.15, 0.2) is 30.3 Å². The summed E-state index contributed by atoms with van der Waals surface area (Å²) in [7, 11) is 0. The van der Waals surface area contributed by atoms with E-state index >= 15 is 0 Å². The predicted octanol–water partition coefficient (Wildman–Crippen LogP) is 4.42. The van der Waals surface area contributed by atoms with Gasteiger partial charge in [0, 0.05) is 10.7 Å². The van der Waals surface area contributed by atoms with Crippen LogP contribution in [0.5, 0.6) is 0 Å². The Morgan fingerprint density at radius 1 is 1.07 bits per heavy atom. The average Bonchev–Trinajstić information content (AvgIpc) is 2.28. The maximum Gasteiger partial charge on any atom is 0.00990 e. The number of rotatable bonds is 5. The molecule has 0 aromatic heterocycles. The van der Waals surface area contributed by atoms with E-state index in [9.17, 15) is 0 Å². The van der Waals surface area contributed by atoms with Crippen LogP contribution < -0.4 is 0 Å². The lowest BCUT2D eigenvalue weighted by molar-refractivity contribution is 0.374. The van der Waals surface area contributed by atoms with Crippen molar-refractivity contribution in [3.8, 4) is 0 Å². The van der Waals surface area contributed by atoms with Gasteiger partial charge in [0.15, 0.2) is 0 Å². The van der Waals surface area contributed by atoms with Crippen LogP contribution in [0.1, 0.15) is 18.9 Å². The zero-order valence-corrected chi connectivity index (χ0v) is 11.6. The molecule has 0 spiro atoms. The molecule has 14 heavy (non-hydrogen) atoms. The smallest absolute Gasteiger partial charge is 0.00990 e. The molecule has 0 saturated carbocycles. The van der Waals surface area contributed by atoms with Gasteiger partial charge in [-0.1, -0.05) is 69.1 Å². The van der Waals surface area contributed by atoms with Crippen molar-refractivity contribution in [1.82, 2.24) is 0 Å². The Kier molecular flexibility index (Phi) is 5.18. The van der Waals surface area contributed by atoms with E-state index in [2.05, 4.69) is 69.1 Å². The van der Waals surface area contributed by atoms with Crippen LogP contribution in [0.3, 0.4) is 0 Å². The second-order valence-corrected chi connectivity index (χ2v) is 4.90. The Labute approximate surface area is 103 Å². The van der Waals surface area contributed by atoms with Crippen LogP contribution in [0.2, 0.25) is 0 Å². The monoisotopic (exact) mass is 318 g/mol. The Morgan fingerprint density at radius 3 is 2.07 bits per heavy atom. The molecule has 0 radical (unpaired) electrons. The van der Waals surface area contributed by atoms with Gasteiger partial charge in [-0.3, -0.25) is 0 Å². The number of benzene rings is 1. The standard InChI is InChI=1S/C12H16Br2/c1-2-12(9-13,10-14)8-11-6-4-3-5-7-11/h3-7H,2,8-10H2,1H3. The Bertz CT molecular complexity index is 244. The minimum Gasteiger partial charge on any atom is -0.0922 e. The molecule has 1 aromatic carbocycles. The molecular weight excluding hydrogens is 304 g/mol. The van der Waals surface area contributed by atoms with Crippen LogP contribution in [-0.2, 0) is 6.42 Å². The number of alkyl halides is 2. The van der Waals surface area contributed by atoms with Crippen molar-refractivity contribution in [2.45, 2.75) is 19.8 Å². The molecule has 0 atom stereocenters. The number of hydrogen-bond donors (Lipinski definition) is 0. The molecule has 0 aliphatic heterocycles. The summed E-state index contributed by atoms with van der Waals surface area (Å²) >= 11 is 7.24. The van der Waals surface area contributed by atoms with Crippen molar-refractivity contribution in [2.24, 2.45) is 5.41 Å². The number of hydrogen-bond acceptors (Lipinski definition) is 0. The highest BCUT2D eigenvalue weighted by atomic mass is 79.9. The SMILES string of the molecule is CCC(CBr)(CBr)Cc1ccccc1. The van der Waals surface area contributed by atoms with Crippen LogP contribution >= 0.6 is 31.9 Å². The highest BCUT2D eigenvalue weighted by Crippen LogP contribution is 2.31. The van der Waals surface area contributed by atoms with E-state index in [-0.39, 0.29) is 0 Å². The first kappa shape index (κ1) is 12.3. The van der Waals surface area contributed by atoms with Gasteiger partial charge in [0.2, 0.25) is 0 Å². The van der Waals surface area contributed by atoms with E-state index in [1.165, 1.54) is 12.0 Å². The largest absolute Gasteiger partial charge is 0.0922 e. The molecule has 0 heterocycles. The van der Waals surface area contributed by atoms with Gasteiger partial charge in [-0.15, -0.1) is 0 Å². The van der Waals surface area contributed by atoms with Gasteiger partial charge in [-0.2, -0.15) is 0 Å². The summed E-state index contributed by atoms with van der Waals surface area (Å²) in [4.78, 5) is 0. The summed E-state index contributed by atoms with van der Waals surface area (Å²) in [6.07, 6.45) is 2.33. The highest BCUT2D eigenvalue weighted by molar-refractivity contribution is 9.09. The summed E-state index contributed by atoms with van der Waals surface area (Å²) in [5.41, 5.74) is 1.79. The van der Waals surface area contributed by atoms with E-state index in [1.54, 1.807) is 0 Å². The third-order valence-electron chi connectivity index (χ3n) is 2.74. The quantitative estimate of drug-likeness (QED) is 0.705. The highest BCUT2D eigenvalue weighted by Gasteiger charge is 2.25. The summed E-state index contributed by atoms with van der Waals surface area (Å²) < 4.78 is 0. The lowest BCUT2D eigenvalue weighted by Gasteiger charge is -2.28. The maximum atomic E-state index is 3.62. The molecule has 0 nitrogen and oxygen atoms in total. The predicted molar refractivity (Wildman–Crippen MR) is 70.5 cm³/mol. The first-order valence-corrected chi connectivity index (χ1v) is 7.16. The van der Waals surface area contributed by atoms with Gasteiger partial charge in [-0.05, 0) is 23.8 Å². The van der Waals surface area contributed by atoms with E-state index < -0.39 is 0 Å². The number of halogens is 2. The van der Waals surface area contributed by atoms with Gasteiger partial charge in [0.1, 0.15) is 0 Å². The van der Waals surface area contributed by atoms with Crippen molar-refractivity contribution in [3.63, 3.8) is 0 Å². The molecule has 0 aliphatic carbocycles. The molecule has 0 N–H and O–H groups in total. The topological polar surface area (TPSA) is 0 Å². The summed E-state index contributed by atoms with van der Waals surface area (Å²) in [5, 5.41) is 2.10. The minimum atomic E-state index is 0.362. The fourth-order valence-electron chi connectivity index (χ4n) is 1.47. The summed E-state index contributed by atoms with van der Waals surface area (Å²) in [5.74, 6) is 0. The van der Waals surface area contributed by atoms with Crippen LogP contribution in [0.25, 0.3) is 0 Å². The van der Waals surface area contributed by atoms with Crippen molar-refractivity contribution in [3.05, 3.63) is 35.9 Å². The zero-order valence-electron chi connectivity index (χ0n) is 8.47. The molecule has 0 saturated heterocycles. The van der Waals surface area contributed by atoms with Gasteiger partial charge in [-0.25, -0.2) is 0 Å². The van der Waals surface area contributed by atoms with E-state index in [1.807, 2.05) is 0 Å². The second kappa shape index (κ2) is 5.92. The normalized spacial score (nSPS) is 11.6. The van der Waals surface area contributed by atoms with E-state index in [4.69, 9.17) is 0 Å². The fraction of sp³-hybridized carbons (Fsp3) is 0.500. The lowest BCUT2D eigenvalue weighted by Crippen LogP contribution is -2.26. The van der Waals surface area contributed by atoms with E-state index in [0.29, 0.717) is 5.41 Å². The molecule has 0 aliphatic rings. The molecule has 1 rings (SSSR count). The first-order valence-electron chi connectivity index (χ1n) is 4.92. The van der Waals surface area contributed by atoms with E-state index in [0.717, 1.165) is 17.1 Å². The molecule has 0 bridgehead atoms. The maximum absolute atomic E-state index is 3.62. The summed E-state index contributed by atoms with van der Waals surface area (Å²) in [6.45, 7) is 2.26. The van der Waals surface area contributed by atoms with Gasteiger partial charge < -0.3 is 0 Å². The molecule has 78 valence electrons. The van der Waals surface area contributed by atoms with Crippen LogP contribution in [0.4, 0.5) is 0 Å². The third kappa shape index (κ3) is 3.09. The molecular formula is C12H16Br2. The molecule has 0 amide bonds. The lowest BCUT2D eigenvalue weighted by atomic mass is 9.83. The Hall–Kier alpha value is 0.180. The second-order valence-electron chi connectivity index (χ2n) is 3.78. The Balaban J connectivity index is 2.74. The molecule has 0 unspecified atom stereocenters. The fourth-order valence-corrected chi connectivity index (χ4v) is 3.59. The minimum absolute atomic E-state index is 0.362. The molecule has 2 heteroatoms. The Morgan fingerprint density at radius 2 is 1.64 bits per heavy atom. The van der Waals surface area contributed by atoms with Gasteiger partial charge >= 0.3 is 0 Å². The van der Waals surface area contributed by atoms with Crippen LogP contribution in [0, 0.1) is 5.41 Å².